The highest BCUT2D eigenvalue weighted by molar-refractivity contribution is 7.17. The molecular formula is C15H13ClN2S. The SMILES string of the molecule is CC(C)c1ccc(-c2csc3ncnc(Cl)c23)cc1. The molecule has 0 fully saturated rings. The highest BCUT2D eigenvalue weighted by atomic mass is 35.5. The summed E-state index contributed by atoms with van der Waals surface area (Å²) in [6.07, 6.45) is 1.51. The van der Waals surface area contributed by atoms with Gasteiger partial charge in [-0.2, -0.15) is 0 Å². The monoisotopic (exact) mass is 288 g/mol. The molecule has 2 heterocycles. The molecule has 0 saturated carbocycles. The summed E-state index contributed by atoms with van der Waals surface area (Å²) < 4.78 is 0. The number of rotatable bonds is 2. The second-order valence-electron chi connectivity index (χ2n) is 4.77. The van der Waals surface area contributed by atoms with Crippen molar-refractivity contribution < 1.29 is 0 Å². The lowest BCUT2D eigenvalue weighted by atomic mass is 9.99. The van der Waals surface area contributed by atoms with Crippen LogP contribution in [-0.4, -0.2) is 9.97 Å². The van der Waals surface area contributed by atoms with E-state index in [0.717, 1.165) is 21.3 Å². The maximum absolute atomic E-state index is 6.19. The van der Waals surface area contributed by atoms with Gasteiger partial charge in [0.25, 0.3) is 0 Å². The van der Waals surface area contributed by atoms with Crippen LogP contribution in [0.3, 0.4) is 0 Å². The summed E-state index contributed by atoms with van der Waals surface area (Å²) in [6, 6.07) is 8.61. The van der Waals surface area contributed by atoms with Crippen molar-refractivity contribution in [1.82, 2.24) is 9.97 Å². The van der Waals surface area contributed by atoms with Crippen molar-refractivity contribution in [3.05, 3.63) is 46.7 Å². The maximum atomic E-state index is 6.19. The molecule has 0 saturated heterocycles. The average Bonchev–Trinajstić information content (AvgIpc) is 2.84. The Labute approximate surface area is 121 Å². The predicted molar refractivity (Wildman–Crippen MR) is 82.0 cm³/mol. The molecule has 0 aliphatic carbocycles. The van der Waals surface area contributed by atoms with Crippen LogP contribution in [0, 0.1) is 0 Å². The van der Waals surface area contributed by atoms with Crippen molar-refractivity contribution in [3.63, 3.8) is 0 Å². The largest absolute Gasteiger partial charge is 0.225 e. The molecular weight excluding hydrogens is 276 g/mol. The van der Waals surface area contributed by atoms with E-state index in [1.807, 2.05) is 0 Å². The summed E-state index contributed by atoms with van der Waals surface area (Å²) in [5.41, 5.74) is 3.61. The van der Waals surface area contributed by atoms with Crippen molar-refractivity contribution in [1.29, 1.82) is 0 Å². The average molecular weight is 289 g/mol. The van der Waals surface area contributed by atoms with Gasteiger partial charge in [0, 0.05) is 10.9 Å². The van der Waals surface area contributed by atoms with Crippen molar-refractivity contribution in [2.75, 3.05) is 0 Å². The zero-order valence-electron chi connectivity index (χ0n) is 10.7. The Bertz CT molecular complexity index is 717. The second-order valence-corrected chi connectivity index (χ2v) is 5.99. The molecule has 0 aliphatic heterocycles. The van der Waals surface area contributed by atoms with E-state index in [0.29, 0.717) is 11.1 Å². The second kappa shape index (κ2) is 4.91. The Morgan fingerprint density at radius 2 is 1.84 bits per heavy atom. The third-order valence-corrected chi connectivity index (χ3v) is 4.39. The summed E-state index contributed by atoms with van der Waals surface area (Å²) in [4.78, 5) is 9.26. The summed E-state index contributed by atoms with van der Waals surface area (Å²) in [6.45, 7) is 4.39. The van der Waals surface area contributed by atoms with Gasteiger partial charge in [0.05, 0.1) is 5.39 Å². The van der Waals surface area contributed by atoms with E-state index in [-0.39, 0.29) is 0 Å². The van der Waals surface area contributed by atoms with Crippen LogP contribution in [0.1, 0.15) is 25.3 Å². The third kappa shape index (κ3) is 2.24. The molecule has 0 bridgehead atoms. The number of hydrogen-bond donors (Lipinski definition) is 0. The van der Waals surface area contributed by atoms with Crippen LogP contribution < -0.4 is 0 Å². The van der Waals surface area contributed by atoms with Gasteiger partial charge in [0.15, 0.2) is 0 Å². The zero-order valence-corrected chi connectivity index (χ0v) is 12.3. The highest BCUT2D eigenvalue weighted by Gasteiger charge is 2.11. The summed E-state index contributed by atoms with van der Waals surface area (Å²) in [7, 11) is 0. The van der Waals surface area contributed by atoms with E-state index >= 15 is 0 Å². The van der Waals surface area contributed by atoms with E-state index < -0.39 is 0 Å². The van der Waals surface area contributed by atoms with E-state index in [1.165, 1.54) is 11.9 Å². The van der Waals surface area contributed by atoms with Crippen molar-refractivity contribution in [2.24, 2.45) is 0 Å². The van der Waals surface area contributed by atoms with Gasteiger partial charge in [-0.3, -0.25) is 0 Å². The van der Waals surface area contributed by atoms with Crippen LogP contribution in [-0.2, 0) is 0 Å². The minimum absolute atomic E-state index is 0.522. The molecule has 4 heteroatoms. The van der Waals surface area contributed by atoms with E-state index in [1.54, 1.807) is 11.3 Å². The van der Waals surface area contributed by atoms with Gasteiger partial charge in [-0.05, 0) is 17.0 Å². The third-order valence-electron chi connectivity index (χ3n) is 3.21. The lowest BCUT2D eigenvalue weighted by Gasteiger charge is -2.06. The summed E-state index contributed by atoms with van der Waals surface area (Å²) in [5, 5.41) is 3.57. The van der Waals surface area contributed by atoms with Crippen LogP contribution in [0.25, 0.3) is 21.3 Å². The molecule has 0 N–H and O–H groups in total. The van der Waals surface area contributed by atoms with E-state index in [4.69, 9.17) is 11.6 Å². The molecule has 3 aromatic rings. The fraction of sp³-hybridized carbons (Fsp3) is 0.200. The zero-order chi connectivity index (χ0) is 13.4. The van der Waals surface area contributed by atoms with Crippen LogP contribution in [0.4, 0.5) is 0 Å². The molecule has 0 unspecified atom stereocenters. The van der Waals surface area contributed by atoms with Crippen molar-refractivity contribution >= 4 is 33.2 Å². The number of nitrogens with zero attached hydrogens (tertiary/aromatic N) is 2. The Morgan fingerprint density at radius 3 is 2.53 bits per heavy atom. The number of thiophene rings is 1. The number of fused-ring (bicyclic) bond motifs is 1. The molecule has 0 radical (unpaired) electrons. The smallest absolute Gasteiger partial charge is 0.141 e. The lowest BCUT2D eigenvalue weighted by molar-refractivity contribution is 0.867. The Hall–Kier alpha value is -1.45. The van der Waals surface area contributed by atoms with Crippen molar-refractivity contribution in [3.8, 4) is 11.1 Å². The minimum atomic E-state index is 0.522. The Balaban J connectivity index is 2.14. The molecule has 0 atom stereocenters. The summed E-state index contributed by atoms with van der Waals surface area (Å²) >= 11 is 7.79. The van der Waals surface area contributed by atoms with Crippen molar-refractivity contribution in [2.45, 2.75) is 19.8 Å². The van der Waals surface area contributed by atoms with E-state index in [9.17, 15) is 0 Å². The first kappa shape index (κ1) is 12.6. The lowest BCUT2D eigenvalue weighted by Crippen LogP contribution is -1.87. The molecule has 19 heavy (non-hydrogen) atoms. The fourth-order valence-electron chi connectivity index (χ4n) is 2.10. The first-order valence-corrected chi connectivity index (χ1v) is 7.40. The predicted octanol–water partition coefficient (Wildman–Crippen LogP) is 5.14. The number of halogens is 1. The first-order valence-electron chi connectivity index (χ1n) is 6.15. The minimum Gasteiger partial charge on any atom is -0.225 e. The molecule has 0 spiro atoms. The van der Waals surface area contributed by atoms with Gasteiger partial charge in [-0.1, -0.05) is 49.7 Å². The standard InChI is InChI=1S/C15H13ClN2S/c1-9(2)10-3-5-11(6-4-10)12-7-19-15-13(12)14(16)17-8-18-15/h3-9H,1-2H3. The van der Waals surface area contributed by atoms with Crippen LogP contribution >= 0.6 is 22.9 Å². The number of aromatic nitrogens is 2. The molecule has 2 nitrogen and oxygen atoms in total. The molecule has 96 valence electrons. The summed E-state index contributed by atoms with van der Waals surface area (Å²) in [5.74, 6) is 0.542. The first-order chi connectivity index (χ1) is 9.16. The van der Waals surface area contributed by atoms with Gasteiger partial charge >= 0.3 is 0 Å². The molecule has 1 aromatic carbocycles. The van der Waals surface area contributed by atoms with E-state index in [2.05, 4.69) is 53.5 Å². The highest BCUT2D eigenvalue weighted by Crippen LogP contribution is 2.36. The van der Waals surface area contributed by atoms with Gasteiger partial charge in [-0.25, -0.2) is 9.97 Å². The van der Waals surface area contributed by atoms with Crippen LogP contribution in [0.2, 0.25) is 5.15 Å². The topological polar surface area (TPSA) is 25.8 Å². The molecule has 0 amide bonds. The molecule has 0 aliphatic rings. The number of hydrogen-bond acceptors (Lipinski definition) is 3. The Kier molecular flexibility index (Phi) is 3.25. The van der Waals surface area contributed by atoms with Gasteiger partial charge in [0.2, 0.25) is 0 Å². The molecule has 3 rings (SSSR count). The van der Waals surface area contributed by atoms with Crippen LogP contribution in [0.5, 0.6) is 0 Å². The van der Waals surface area contributed by atoms with Gasteiger partial charge < -0.3 is 0 Å². The quantitative estimate of drug-likeness (QED) is 0.611. The Morgan fingerprint density at radius 1 is 1.11 bits per heavy atom. The molecule has 2 aromatic heterocycles. The van der Waals surface area contributed by atoms with Gasteiger partial charge in [0.1, 0.15) is 16.3 Å². The maximum Gasteiger partial charge on any atom is 0.141 e. The number of benzene rings is 1. The fourth-order valence-corrected chi connectivity index (χ4v) is 3.31. The van der Waals surface area contributed by atoms with Crippen LogP contribution in [0.15, 0.2) is 36.0 Å². The van der Waals surface area contributed by atoms with Gasteiger partial charge in [-0.15, -0.1) is 11.3 Å². The normalized spacial score (nSPS) is 11.4.